The Morgan fingerprint density at radius 3 is 2.72 bits per heavy atom. The van der Waals surface area contributed by atoms with Crippen molar-refractivity contribution < 1.29 is 9.53 Å². The molecule has 6 nitrogen and oxygen atoms in total. The number of nitrogens with zero attached hydrogens (tertiary/aromatic N) is 2. The molecule has 0 saturated carbocycles. The molecular formula is C12H22N4O2. The van der Waals surface area contributed by atoms with Gasteiger partial charge in [0, 0.05) is 32.6 Å². The van der Waals surface area contributed by atoms with Gasteiger partial charge in [-0.3, -0.25) is 9.79 Å². The van der Waals surface area contributed by atoms with E-state index in [1.54, 1.807) is 11.9 Å². The number of nitrogens with two attached hydrogens (primary N) is 2. The second kappa shape index (κ2) is 6.51. The largest absolute Gasteiger partial charge is 0.404 e. The van der Waals surface area contributed by atoms with Gasteiger partial charge >= 0.3 is 0 Å². The minimum atomic E-state index is -0.152. The smallest absolute Gasteiger partial charge is 0.257 e. The van der Waals surface area contributed by atoms with Crippen LogP contribution in [0.15, 0.2) is 16.8 Å². The normalized spacial score (nSPS) is 29.9. The quantitative estimate of drug-likeness (QED) is 0.524. The van der Waals surface area contributed by atoms with E-state index in [2.05, 4.69) is 4.99 Å². The van der Waals surface area contributed by atoms with Gasteiger partial charge in [-0.05, 0) is 13.8 Å². The fourth-order valence-corrected chi connectivity index (χ4v) is 2.19. The minimum absolute atomic E-state index is 0.00987. The highest BCUT2D eigenvalue weighted by Crippen LogP contribution is 2.19. The van der Waals surface area contributed by atoms with Crippen molar-refractivity contribution in [2.24, 2.45) is 16.5 Å². The number of amides is 1. The molecule has 1 heterocycles. The maximum Gasteiger partial charge on any atom is 0.257 e. The summed E-state index contributed by atoms with van der Waals surface area (Å²) in [5.41, 5.74) is 11.6. The van der Waals surface area contributed by atoms with Crippen molar-refractivity contribution in [2.45, 2.75) is 32.1 Å². The highest BCUT2D eigenvalue weighted by atomic mass is 16.5. The molecular weight excluding hydrogens is 232 g/mol. The number of morpholine rings is 1. The molecule has 0 radical (unpaired) electrons. The van der Waals surface area contributed by atoms with Crippen molar-refractivity contribution >= 4 is 12.1 Å². The van der Waals surface area contributed by atoms with E-state index in [1.807, 2.05) is 13.8 Å². The molecule has 0 aromatic carbocycles. The second-order valence-electron chi connectivity index (χ2n) is 4.42. The molecule has 18 heavy (non-hydrogen) atoms. The van der Waals surface area contributed by atoms with E-state index in [4.69, 9.17) is 16.2 Å². The van der Waals surface area contributed by atoms with E-state index >= 15 is 0 Å². The lowest BCUT2D eigenvalue weighted by atomic mass is 10.1. The molecule has 1 saturated heterocycles. The Hall–Kier alpha value is -1.40. The predicted molar refractivity (Wildman–Crippen MR) is 71.3 cm³/mol. The molecule has 0 aromatic rings. The van der Waals surface area contributed by atoms with Gasteiger partial charge in [0.15, 0.2) is 0 Å². The lowest BCUT2D eigenvalue weighted by Crippen LogP contribution is -2.58. The summed E-state index contributed by atoms with van der Waals surface area (Å²) >= 11 is 0. The summed E-state index contributed by atoms with van der Waals surface area (Å²) in [5.74, 6) is -0.152. The molecule has 1 aliphatic heterocycles. The van der Waals surface area contributed by atoms with Gasteiger partial charge in [0.2, 0.25) is 0 Å². The van der Waals surface area contributed by atoms with E-state index in [0.717, 1.165) is 0 Å². The van der Waals surface area contributed by atoms with Gasteiger partial charge in [0.05, 0.1) is 23.8 Å². The van der Waals surface area contributed by atoms with Crippen LogP contribution in [0.1, 0.15) is 13.8 Å². The molecule has 0 aromatic heterocycles. The Kier molecular flexibility index (Phi) is 5.30. The van der Waals surface area contributed by atoms with Gasteiger partial charge in [-0.25, -0.2) is 0 Å². The van der Waals surface area contributed by atoms with Gasteiger partial charge in [-0.15, -0.1) is 0 Å². The van der Waals surface area contributed by atoms with Crippen LogP contribution in [0, 0.1) is 0 Å². The first-order chi connectivity index (χ1) is 8.54. The number of carbonyl (C=O) groups is 1. The molecule has 6 heteroatoms. The Morgan fingerprint density at radius 2 is 2.22 bits per heavy atom. The average Bonchev–Trinajstić information content (AvgIpc) is 2.34. The molecule has 102 valence electrons. The van der Waals surface area contributed by atoms with Crippen LogP contribution in [-0.2, 0) is 9.53 Å². The summed E-state index contributed by atoms with van der Waals surface area (Å²) < 4.78 is 5.69. The highest BCUT2D eigenvalue weighted by Gasteiger charge is 2.35. The molecule has 3 atom stereocenters. The van der Waals surface area contributed by atoms with Gasteiger partial charge in [0.25, 0.3) is 5.91 Å². The zero-order valence-corrected chi connectivity index (χ0v) is 11.2. The number of hydrogen-bond donors (Lipinski definition) is 2. The number of carbonyl (C=O) groups excluding carboxylic acids is 1. The van der Waals surface area contributed by atoms with Crippen LogP contribution in [0.3, 0.4) is 0 Å². The van der Waals surface area contributed by atoms with Gasteiger partial charge in [-0.2, -0.15) is 0 Å². The maximum absolute atomic E-state index is 12.4. The Morgan fingerprint density at radius 1 is 1.56 bits per heavy atom. The van der Waals surface area contributed by atoms with Crippen LogP contribution in [0.25, 0.3) is 0 Å². The molecule has 1 rings (SSSR count). The van der Waals surface area contributed by atoms with Crippen molar-refractivity contribution in [3.05, 3.63) is 11.8 Å². The predicted octanol–water partition coefficient (Wildman–Crippen LogP) is -0.507. The number of hydrogen-bond acceptors (Lipinski definition) is 5. The summed E-state index contributed by atoms with van der Waals surface area (Å²) in [5, 5.41) is 0. The van der Waals surface area contributed by atoms with Crippen LogP contribution in [0.5, 0.6) is 0 Å². The lowest BCUT2D eigenvalue weighted by molar-refractivity contribution is -0.147. The minimum Gasteiger partial charge on any atom is -0.404 e. The summed E-state index contributed by atoms with van der Waals surface area (Å²) in [7, 11) is 1.60. The average molecular weight is 254 g/mol. The summed E-state index contributed by atoms with van der Waals surface area (Å²) in [6.07, 6.45) is 2.64. The fraction of sp³-hybridized carbons (Fsp3) is 0.667. The summed E-state index contributed by atoms with van der Waals surface area (Å²) in [6.45, 7) is 4.73. The number of rotatable bonds is 3. The van der Waals surface area contributed by atoms with Crippen molar-refractivity contribution in [1.82, 2.24) is 4.90 Å². The zero-order valence-electron chi connectivity index (χ0n) is 11.2. The van der Waals surface area contributed by atoms with Gasteiger partial charge < -0.3 is 21.1 Å². The van der Waals surface area contributed by atoms with E-state index < -0.39 is 0 Å². The molecule has 3 unspecified atom stereocenters. The maximum atomic E-state index is 12.4. The van der Waals surface area contributed by atoms with Crippen molar-refractivity contribution in [1.29, 1.82) is 0 Å². The molecule has 4 N–H and O–H groups in total. The standard InChI is InChI=1S/C12H22N4O2/c1-8-7-16(11(5-14)9(2)18-8)12(17)10(4-13)6-15-3/h4,6,8-9,11H,5,7,13-14H2,1-3H3. The first-order valence-corrected chi connectivity index (χ1v) is 6.05. The van der Waals surface area contributed by atoms with Crippen molar-refractivity contribution in [3.8, 4) is 0 Å². The van der Waals surface area contributed by atoms with E-state index in [1.165, 1.54) is 12.4 Å². The summed E-state index contributed by atoms with van der Waals surface area (Å²) in [4.78, 5) is 17.9. The summed E-state index contributed by atoms with van der Waals surface area (Å²) in [6, 6.07) is -0.131. The zero-order chi connectivity index (χ0) is 13.7. The van der Waals surface area contributed by atoms with Crippen molar-refractivity contribution in [3.63, 3.8) is 0 Å². The molecule has 0 spiro atoms. The highest BCUT2D eigenvalue weighted by molar-refractivity contribution is 6.12. The third kappa shape index (κ3) is 3.08. The molecule has 1 aliphatic rings. The van der Waals surface area contributed by atoms with Crippen LogP contribution < -0.4 is 11.5 Å². The Labute approximate surface area is 108 Å². The number of ether oxygens (including phenoxy) is 1. The van der Waals surface area contributed by atoms with Crippen LogP contribution in [0.4, 0.5) is 0 Å². The first kappa shape index (κ1) is 14.7. The third-order valence-corrected chi connectivity index (χ3v) is 3.04. The topological polar surface area (TPSA) is 93.9 Å². The lowest BCUT2D eigenvalue weighted by Gasteiger charge is -2.42. The molecule has 1 amide bonds. The third-order valence-electron chi connectivity index (χ3n) is 3.04. The second-order valence-corrected chi connectivity index (χ2v) is 4.42. The monoisotopic (exact) mass is 254 g/mol. The Bertz CT molecular complexity index is 354. The SMILES string of the molecule is CN=CC(=CN)C(=O)N1CC(C)OC(C)C1CN. The van der Waals surface area contributed by atoms with Crippen LogP contribution in [0.2, 0.25) is 0 Å². The molecule has 0 bridgehead atoms. The van der Waals surface area contributed by atoms with E-state index in [9.17, 15) is 4.79 Å². The fourth-order valence-electron chi connectivity index (χ4n) is 2.19. The van der Waals surface area contributed by atoms with Crippen LogP contribution >= 0.6 is 0 Å². The van der Waals surface area contributed by atoms with Crippen LogP contribution in [-0.4, -0.2) is 55.4 Å². The first-order valence-electron chi connectivity index (χ1n) is 6.05. The van der Waals surface area contributed by atoms with E-state index in [0.29, 0.717) is 18.7 Å². The number of aliphatic imine (C=N–C) groups is 1. The molecule has 0 aliphatic carbocycles. The van der Waals surface area contributed by atoms with Gasteiger partial charge in [0.1, 0.15) is 0 Å². The van der Waals surface area contributed by atoms with E-state index in [-0.39, 0.29) is 24.2 Å². The Balaban J connectivity index is 2.93. The van der Waals surface area contributed by atoms with Gasteiger partial charge in [-0.1, -0.05) is 0 Å². The van der Waals surface area contributed by atoms with Crippen molar-refractivity contribution in [2.75, 3.05) is 20.1 Å². The molecule has 1 fully saturated rings.